The first-order chi connectivity index (χ1) is 16.9. The number of fused-ring (bicyclic) bond motifs is 1. The number of rotatable bonds is 5. The van der Waals surface area contributed by atoms with Crippen LogP contribution in [0.3, 0.4) is 0 Å². The number of benzene rings is 2. The van der Waals surface area contributed by atoms with Crippen molar-refractivity contribution in [2.24, 2.45) is 0 Å². The van der Waals surface area contributed by atoms with Crippen LogP contribution in [0.5, 0.6) is 0 Å². The molecular weight excluding hydrogens is 464 g/mol. The third kappa shape index (κ3) is 4.57. The molecule has 0 atom stereocenters. The van der Waals surface area contributed by atoms with Gasteiger partial charge in [-0.2, -0.15) is 0 Å². The predicted molar refractivity (Wildman–Crippen MR) is 135 cm³/mol. The largest absolute Gasteiger partial charge is 0.331 e. The highest BCUT2D eigenvalue weighted by Crippen LogP contribution is 2.37. The lowest BCUT2D eigenvalue weighted by molar-refractivity contribution is 0.0618. The van der Waals surface area contributed by atoms with E-state index in [0.29, 0.717) is 17.0 Å². The third-order valence-electron chi connectivity index (χ3n) is 7.00. The van der Waals surface area contributed by atoms with E-state index in [-0.39, 0.29) is 22.0 Å². The standard InChI is InChI=1S/C28H27F2N3OS/c1-17-8-9-19(24-15-31-12-13-32-24)14-20(17)16-33(21-6-4-3-5-7-21)28(34)26-18(2)25-22(29)10-11-23(30)27(25)35-26/h8-15,21H,3-7,16H2,1-2H3. The second-order valence-electron chi connectivity index (χ2n) is 9.25. The van der Waals surface area contributed by atoms with Crippen molar-refractivity contribution in [3.63, 3.8) is 0 Å². The van der Waals surface area contributed by atoms with E-state index in [1.165, 1.54) is 0 Å². The van der Waals surface area contributed by atoms with Gasteiger partial charge in [0, 0.05) is 35.9 Å². The number of thiophene rings is 1. The summed E-state index contributed by atoms with van der Waals surface area (Å²) in [6.07, 6.45) is 10.2. The Hall–Kier alpha value is -3.19. The molecular formula is C28H27F2N3OS. The van der Waals surface area contributed by atoms with E-state index >= 15 is 0 Å². The van der Waals surface area contributed by atoms with Crippen LogP contribution < -0.4 is 0 Å². The number of aromatic nitrogens is 2. The van der Waals surface area contributed by atoms with Gasteiger partial charge in [0.15, 0.2) is 0 Å². The molecule has 1 aliphatic carbocycles. The first-order valence-electron chi connectivity index (χ1n) is 12.0. The smallest absolute Gasteiger partial charge is 0.264 e. The van der Waals surface area contributed by atoms with Crippen LogP contribution >= 0.6 is 11.3 Å². The number of hydrogen-bond acceptors (Lipinski definition) is 4. The van der Waals surface area contributed by atoms with Crippen LogP contribution in [0.15, 0.2) is 48.9 Å². The summed E-state index contributed by atoms with van der Waals surface area (Å²) in [6, 6.07) is 8.47. The van der Waals surface area contributed by atoms with E-state index < -0.39 is 11.6 Å². The van der Waals surface area contributed by atoms with Gasteiger partial charge in [0.05, 0.1) is 21.5 Å². The summed E-state index contributed by atoms with van der Waals surface area (Å²) in [7, 11) is 0. The average Bonchev–Trinajstić information content (AvgIpc) is 3.25. The molecule has 180 valence electrons. The Morgan fingerprint density at radius 1 is 1.06 bits per heavy atom. The molecule has 2 aromatic heterocycles. The number of aryl methyl sites for hydroxylation is 2. The van der Waals surface area contributed by atoms with Crippen molar-refractivity contribution >= 4 is 27.3 Å². The number of carbonyl (C=O) groups is 1. The fourth-order valence-corrected chi connectivity index (χ4v) is 6.18. The summed E-state index contributed by atoms with van der Waals surface area (Å²) >= 11 is 1.06. The molecule has 2 heterocycles. The lowest BCUT2D eigenvalue weighted by atomic mass is 9.93. The minimum Gasteiger partial charge on any atom is -0.331 e. The zero-order chi connectivity index (χ0) is 24.5. The van der Waals surface area contributed by atoms with Crippen molar-refractivity contribution in [1.29, 1.82) is 0 Å². The molecule has 1 amide bonds. The highest BCUT2D eigenvalue weighted by atomic mass is 32.1. The Morgan fingerprint density at radius 2 is 1.83 bits per heavy atom. The Morgan fingerprint density at radius 3 is 2.54 bits per heavy atom. The maximum Gasteiger partial charge on any atom is 0.264 e. The van der Waals surface area contributed by atoms with Crippen LogP contribution in [0.2, 0.25) is 0 Å². The summed E-state index contributed by atoms with van der Waals surface area (Å²) < 4.78 is 29.3. The molecule has 0 radical (unpaired) electrons. The van der Waals surface area contributed by atoms with Gasteiger partial charge in [-0.3, -0.25) is 14.8 Å². The highest BCUT2D eigenvalue weighted by molar-refractivity contribution is 7.21. The number of hydrogen-bond donors (Lipinski definition) is 0. The monoisotopic (exact) mass is 491 g/mol. The molecule has 5 rings (SSSR count). The number of halogens is 2. The van der Waals surface area contributed by atoms with E-state index in [1.54, 1.807) is 25.5 Å². The number of nitrogens with zero attached hydrogens (tertiary/aromatic N) is 3. The second kappa shape index (κ2) is 9.82. The van der Waals surface area contributed by atoms with Crippen molar-refractivity contribution < 1.29 is 13.6 Å². The van der Waals surface area contributed by atoms with Crippen LogP contribution in [0.4, 0.5) is 8.78 Å². The zero-order valence-corrected chi connectivity index (χ0v) is 20.7. The summed E-state index contributed by atoms with van der Waals surface area (Å²) in [5.74, 6) is -1.14. The molecule has 7 heteroatoms. The van der Waals surface area contributed by atoms with Crippen LogP contribution in [-0.4, -0.2) is 26.8 Å². The van der Waals surface area contributed by atoms with Crippen LogP contribution in [0.25, 0.3) is 21.3 Å². The van der Waals surface area contributed by atoms with Crippen molar-refractivity contribution in [3.05, 3.63) is 82.1 Å². The summed E-state index contributed by atoms with van der Waals surface area (Å²) in [5, 5.41) is 0.211. The molecule has 0 unspecified atom stereocenters. The Balaban J connectivity index is 1.55. The molecule has 35 heavy (non-hydrogen) atoms. The molecule has 1 aliphatic rings. The van der Waals surface area contributed by atoms with Gasteiger partial charge in [0.25, 0.3) is 5.91 Å². The molecule has 1 fully saturated rings. The van der Waals surface area contributed by atoms with E-state index in [0.717, 1.165) is 78.0 Å². The Bertz CT molecular complexity index is 1380. The minimum atomic E-state index is -0.495. The predicted octanol–water partition coefficient (Wildman–Crippen LogP) is 7.23. The first kappa shape index (κ1) is 23.5. The van der Waals surface area contributed by atoms with Gasteiger partial charge in [0.1, 0.15) is 11.6 Å². The van der Waals surface area contributed by atoms with Crippen LogP contribution in [0, 0.1) is 25.5 Å². The molecule has 0 aliphatic heterocycles. The lowest BCUT2D eigenvalue weighted by Crippen LogP contribution is -2.41. The Kier molecular flexibility index (Phi) is 6.60. The second-order valence-corrected chi connectivity index (χ2v) is 10.3. The molecule has 1 saturated carbocycles. The van der Waals surface area contributed by atoms with Gasteiger partial charge < -0.3 is 4.90 Å². The number of amides is 1. The van der Waals surface area contributed by atoms with Gasteiger partial charge in [-0.15, -0.1) is 11.3 Å². The zero-order valence-electron chi connectivity index (χ0n) is 19.9. The Labute approximate surface area is 207 Å². The summed E-state index contributed by atoms with van der Waals surface area (Å²) in [4.78, 5) is 24.9. The SMILES string of the molecule is Cc1ccc(-c2cnccn2)cc1CN(C(=O)c1sc2c(F)ccc(F)c2c1C)C1CCCCC1. The average molecular weight is 492 g/mol. The highest BCUT2D eigenvalue weighted by Gasteiger charge is 2.30. The minimum absolute atomic E-state index is 0.0927. The van der Waals surface area contributed by atoms with E-state index in [4.69, 9.17) is 0 Å². The molecule has 4 nitrogen and oxygen atoms in total. The van der Waals surface area contributed by atoms with Crippen LogP contribution in [-0.2, 0) is 6.54 Å². The third-order valence-corrected chi connectivity index (χ3v) is 8.29. The van der Waals surface area contributed by atoms with Gasteiger partial charge in [0.2, 0.25) is 0 Å². The van der Waals surface area contributed by atoms with Crippen molar-refractivity contribution in [3.8, 4) is 11.3 Å². The van der Waals surface area contributed by atoms with Gasteiger partial charge in [-0.25, -0.2) is 8.78 Å². The van der Waals surface area contributed by atoms with Gasteiger partial charge in [-0.05, 0) is 61.6 Å². The van der Waals surface area contributed by atoms with E-state index in [9.17, 15) is 13.6 Å². The molecule has 2 aromatic carbocycles. The maximum absolute atomic E-state index is 14.6. The normalized spacial score (nSPS) is 14.4. The fraction of sp³-hybridized carbons (Fsp3) is 0.321. The summed E-state index contributed by atoms with van der Waals surface area (Å²) in [5.41, 5.74) is 4.34. The summed E-state index contributed by atoms with van der Waals surface area (Å²) in [6.45, 7) is 4.18. The number of carbonyl (C=O) groups excluding carboxylic acids is 1. The molecule has 0 bridgehead atoms. The molecule has 0 saturated heterocycles. The van der Waals surface area contributed by atoms with Crippen LogP contribution in [0.1, 0.15) is 58.5 Å². The van der Waals surface area contributed by atoms with Crippen molar-refractivity contribution in [1.82, 2.24) is 14.9 Å². The molecule has 0 spiro atoms. The maximum atomic E-state index is 14.6. The lowest BCUT2D eigenvalue weighted by Gasteiger charge is -2.35. The first-order valence-corrected chi connectivity index (χ1v) is 12.8. The quantitative estimate of drug-likeness (QED) is 0.296. The van der Waals surface area contributed by atoms with Gasteiger partial charge in [-0.1, -0.05) is 31.4 Å². The molecule has 4 aromatic rings. The van der Waals surface area contributed by atoms with E-state index in [1.807, 2.05) is 24.0 Å². The van der Waals surface area contributed by atoms with E-state index in [2.05, 4.69) is 16.0 Å². The van der Waals surface area contributed by atoms with Crippen molar-refractivity contribution in [2.45, 2.75) is 58.5 Å². The molecule has 0 N–H and O–H groups in total. The topological polar surface area (TPSA) is 46.1 Å². The fourth-order valence-electron chi connectivity index (χ4n) is 5.00. The van der Waals surface area contributed by atoms with Gasteiger partial charge >= 0.3 is 0 Å². The van der Waals surface area contributed by atoms with Crippen molar-refractivity contribution in [2.75, 3.05) is 0 Å².